The summed E-state index contributed by atoms with van der Waals surface area (Å²) in [5, 5.41) is 6.37. The standard InChI is InChI=1S/C15H23N5S/c1-6-7-13-18-14(16-4)10(2)15(19-13)20(5)8-12-9-21-11(3)17-12/h9H,6-8H2,1-5H3,(H,16,18,19). The molecule has 5 nitrogen and oxygen atoms in total. The largest absolute Gasteiger partial charge is 0.373 e. The lowest BCUT2D eigenvalue weighted by Crippen LogP contribution is -2.21. The molecule has 2 heterocycles. The molecule has 0 aliphatic rings. The van der Waals surface area contributed by atoms with Crippen LogP contribution in [0.2, 0.25) is 0 Å². The van der Waals surface area contributed by atoms with Crippen molar-refractivity contribution >= 4 is 23.0 Å². The van der Waals surface area contributed by atoms with Crippen molar-refractivity contribution in [2.45, 2.75) is 40.2 Å². The van der Waals surface area contributed by atoms with Gasteiger partial charge in [0, 0.05) is 31.5 Å². The fourth-order valence-corrected chi connectivity index (χ4v) is 2.90. The average Bonchev–Trinajstić information content (AvgIpc) is 2.86. The van der Waals surface area contributed by atoms with Crippen LogP contribution in [0, 0.1) is 13.8 Å². The number of hydrogen-bond donors (Lipinski definition) is 1. The smallest absolute Gasteiger partial charge is 0.137 e. The summed E-state index contributed by atoms with van der Waals surface area (Å²) in [6.45, 7) is 6.99. The molecule has 0 saturated heterocycles. The van der Waals surface area contributed by atoms with Crippen LogP contribution in [0.4, 0.5) is 11.6 Å². The lowest BCUT2D eigenvalue weighted by Gasteiger charge is -2.21. The van der Waals surface area contributed by atoms with Crippen LogP contribution in [0.5, 0.6) is 0 Å². The minimum atomic E-state index is 0.761. The van der Waals surface area contributed by atoms with Crippen molar-refractivity contribution < 1.29 is 0 Å². The van der Waals surface area contributed by atoms with Crippen LogP contribution in [0.3, 0.4) is 0 Å². The summed E-state index contributed by atoms with van der Waals surface area (Å²) in [5.74, 6) is 2.77. The van der Waals surface area contributed by atoms with Crippen LogP contribution in [0.15, 0.2) is 5.38 Å². The van der Waals surface area contributed by atoms with Gasteiger partial charge in [0.25, 0.3) is 0 Å². The summed E-state index contributed by atoms with van der Waals surface area (Å²) >= 11 is 1.68. The zero-order valence-corrected chi connectivity index (χ0v) is 14.2. The van der Waals surface area contributed by atoms with Gasteiger partial charge in [-0.3, -0.25) is 0 Å². The van der Waals surface area contributed by atoms with Crippen molar-refractivity contribution in [2.24, 2.45) is 0 Å². The van der Waals surface area contributed by atoms with Gasteiger partial charge >= 0.3 is 0 Å². The predicted molar refractivity (Wildman–Crippen MR) is 89.3 cm³/mol. The Kier molecular flexibility index (Phi) is 5.12. The first kappa shape index (κ1) is 15.7. The molecule has 114 valence electrons. The van der Waals surface area contributed by atoms with Gasteiger partial charge in [-0.2, -0.15) is 0 Å². The molecule has 1 N–H and O–H groups in total. The van der Waals surface area contributed by atoms with Crippen molar-refractivity contribution in [3.63, 3.8) is 0 Å². The number of aromatic nitrogens is 3. The third-order valence-electron chi connectivity index (χ3n) is 3.30. The molecule has 6 heteroatoms. The normalized spacial score (nSPS) is 10.7. The number of rotatable bonds is 6. The molecule has 21 heavy (non-hydrogen) atoms. The second-order valence-electron chi connectivity index (χ2n) is 5.15. The van der Waals surface area contributed by atoms with Crippen molar-refractivity contribution in [3.05, 3.63) is 27.5 Å². The number of nitrogens with zero attached hydrogens (tertiary/aromatic N) is 4. The molecule has 0 radical (unpaired) electrons. The Morgan fingerprint density at radius 1 is 1.24 bits per heavy atom. The highest BCUT2D eigenvalue weighted by atomic mass is 32.1. The van der Waals surface area contributed by atoms with Crippen LogP contribution in [0.25, 0.3) is 0 Å². The van der Waals surface area contributed by atoms with Gasteiger partial charge in [0.1, 0.15) is 17.5 Å². The van der Waals surface area contributed by atoms with E-state index in [0.29, 0.717) is 0 Å². The summed E-state index contributed by atoms with van der Waals surface area (Å²) in [6, 6.07) is 0. The van der Waals surface area contributed by atoms with E-state index in [9.17, 15) is 0 Å². The van der Waals surface area contributed by atoms with E-state index in [2.05, 4.69) is 46.5 Å². The van der Waals surface area contributed by atoms with E-state index in [0.717, 1.165) is 53.1 Å². The van der Waals surface area contributed by atoms with E-state index in [-0.39, 0.29) is 0 Å². The maximum absolute atomic E-state index is 4.72. The maximum Gasteiger partial charge on any atom is 0.137 e. The first-order chi connectivity index (χ1) is 10.0. The third kappa shape index (κ3) is 3.69. The molecule has 0 aliphatic heterocycles. The fraction of sp³-hybridized carbons (Fsp3) is 0.533. The number of aryl methyl sites for hydroxylation is 2. The number of anilines is 2. The Balaban J connectivity index is 2.29. The van der Waals surface area contributed by atoms with Crippen LogP contribution < -0.4 is 10.2 Å². The summed E-state index contributed by atoms with van der Waals surface area (Å²) in [4.78, 5) is 16.0. The Labute approximate surface area is 130 Å². The summed E-state index contributed by atoms with van der Waals surface area (Å²) < 4.78 is 0. The molecule has 0 aliphatic carbocycles. The number of nitrogens with one attached hydrogen (secondary N) is 1. The minimum absolute atomic E-state index is 0.761. The predicted octanol–water partition coefficient (Wildman–Crippen LogP) is 3.18. The van der Waals surface area contributed by atoms with E-state index in [1.807, 2.05) is 14.0 Å². The highest BCUT2D eigenvalue weighted by molar-refractivity contribution is 7.09. The summed E-state index contributed by atoms with van der Waals surface area (Å²) in [5.41, 5.74) is 2.16. The van der Waals surface area contributed by atoms with E-state index >= 15 is 0 Å². The van der Waals surface area contributed by atoms with Crippen LogP contribution in [-0.2, 0) is 13.0 Å². The van der Waals surface area contributed by atoms with E-state index in [1.165, 1.54) is 0 Å². The molecule has 0 atom stereocenters. The Morgan fingerprint density at radius 2 is 2.00 bits per heavy atom. The van der Waals surface area contributed by atoms with E-state index in [1.54, 1.807) is 11.3 Å². The second kappa shape index (κ2) is 6.85. The Bertz CT molecular complexity index is 608. The van der Waals surface area contributed by atoms with Crippen molar-refractivity contribution in [3.8, 4) is 0 Å². The number of hydrogen-bond acceptors (Lipinski definition) is 6. The fourth-order valence-electron chi connectivity index (χ4n) is 2.30. The highest BCUT2D eigenvalue weighted by Gasteiger charge is 2.14. The highest BCUT2D eigenvalue weighted by Crippen LogP contribution is 2.24. The molecule has 2 aromatic heterocycles. The lowest BCUT2D eigenvalue weighted by atomic mass is 10.2. The molecule has 0 saturated carbocycles. The first-order valence-corrected chi connectivity index (χ1v) is 8.10. The molecule has 0 fully saturated rings. The van der Waals surface area contributed by atoms with Crippen LogP contribution in [0.1, 0.15) is 35.4 Å². The topological polar surface area (TPSA) is 53.9 Å². The average molecular weight is 305 g/mol. The zero-order valence-electron chi connectivity index (χ0n) is 13.4. The SMILES string of the molecule is CCCc1nc(NC)c(C)c(N(C)Cc2csc(C)n2)n1. The summed E-state index contributed by atoms with van der Waals surface area (Å²) in [7, 11) is 3.96. The van der Waals surface area contributed by atoms with Gasteiger partial charge in [-0.05, 0) is 20.3 Å². The molecular weight excluding hydrogens is 282 g/mol. The van der Waals surface area contributed by atoms with Crippen molar-refractivity contribution in [1.82, 2.24) is 15.0 Å². The molecule has 0 aromatic carbocycles. The molecule has 2 aromatic rings. The quantitative estimate of drug-likeness (QED) is 0.888. The van der Waals surface area contributed by atoms with Crippen LogP contribution >= 0.6 is 11.3 Å². The van der Waals surface area contributed by atoms with Gasteiger partial charge in [0.15, 0.2) is 0 Å². The first-order valence-electron chi connectivity index (χ1n) is 7.22. The monoisotopic (exact) mass is 305 g/mol. The van der Waals surface area contributed by atoms with Gasteiger partial charge in [-0.1, -0.05) is 6.92 Å². The number of thiazole rings is 1. The van der Waals surface area contributed by atoms with Gasteiger partial charge in [-0.25, -0.2) is 15.0 Å². The molecule has 2 rings (SSSR count). The van der Waals surface area contributed by atoms with Gasteiger partial charge in [0.2, 0.25) is 0 Å². The Morgan fingerprint density at radius 3 is 2.57 bits per heavy atom. The van der Waals surface area contributed by atoms with Crippen molar-refractivity contribution in [1.29, 1.82) is 0 Å². The second-order valence-corrected chi connectivity index (χ2v) is 6.21. The minimum Gasteiger partial charge on any atom is -0.373 e. The van der Waals surface area contributed by atoms with Gasteiger partial charge in [-0.15, -0.1) is 11.3 Å². The van der Waals surface area contributed by atoms with Gasteiger partial charge < -0.3 is 10.2 Å². The molecule has 0 spiro atoms. The zero-order chi connectivity index (χ0) is 15.4. The van der Waals surface area contributed by atoms with Gasteiger partial charge in [0.05, 0.1) is 17.2 Å². The molecule has 0 amide bonds. The molecular formula is C15H23N5S. The Hall–Kier alpha value is -1.69. The molecule has 0 unspecified atom stereocenters. The van der Waals surface area contributed by atoms with Crippen molar-refractivity contribution in [2.75, 3.05) is 24.3 Å². The summed E-state index contributed by atoms with van der Waals surface area (Å²) in [6.07, 6.45) is 1.94. The van der Waals surface area contributed by atoms with Crippen LogP contribution in [-0.4, -0.2) is 29.0 Å². The third-order valence-corrected chi connectivity index (χ3v) is 4.13. The maximum atomic E-state index is 4.72. The molecule has 0 bridgehead atoms. The lowest BCUT2D eigenvalue weighted by molar-refractivity contribution is 0.802. The van der Waals surface area contributed by atoms with E-state index < -0.39 is 0 Å². The van der Waals surface area contributed by atoms with E-state index in [4.69, 9.17) is 4.98 Å².